The minimum atomic E-state index is -0.985. The molecule has 0 fully saturated rings. The molecule has 0 radical (unpaired) electrons. The monoisotopic (exact) mass is 305 g/mol. The van der Waals surface area contributed by atoms with E-state index in [9.17, 15) is 19.7 Å². The van der Waals surface area contributed by atoms with Gasteiger partial charge in [-0.25, -0.2) is 0 Å². The largest absolute Gasteiger partial charge is 0.481 e. The Bertz CT molecular complexity index is 737. The summed E-state index contributed by atoms with van der Waals surface area (Å²) in [5, 5.41) is 20.0. The van der Waals surface area contributed by atoms with Crippen molar-refractivity contribution in [3.63, 3.8) is 0 Å². The van der Waals surface area contributed by atoms with Crippen molar-refractivity contribution in [1.29, 1.82) is 0 Å². The number of amides is 1. The van der Waals surface area contributed by atoms with Crippen molar-refractivity contribution in [3.05, 3.63) is 40.1 Å². The van der Waals surface area contributed by atoms with Gasteiger partial charge in [-0.05, 0) is 13.0 Å². The molecule has 1 aromatic carbocycles. The summed E-state index contributed by atoms with van der Waals surface area (Å²) in [6, 6.07) is 4.23. The number of carboxylic acids is 1. The standard InChI is InChI=1S/C14H15N3O5/c1-2-16(6-5-13(18)19)14(20)11-8-15-12-4-3-9(17(21)22)7-10(11)12/h3-4,7-8,15H,2,5-6H2,1H3,(H,18,19). The van der Waals surface area contributed by atoms with E-state index in [4.69, 9.17) is 5.11 Å². The van der Waals surface area contributed by atoms with Crippen molar-refractivity contribution < 1.29 is 19.6 Å². The minimum absolute atomic E-state index is 0.0896. The van der Waals surface area contributed by atoms with Crippen molar-refractivity contribution in [2.45, 2.75) is 13.3 Å². The maximum absolute atomic E-state index is 12.5. The van der Waals surface area contributed by atoms with Crippen LogP contribution >= 0.6 is 0 Å². The van der Waals surface area contributed by atoms with Crippen LogP contribution in [-0.2, 0) is 4.79 Å². The molecule has 0 spiro atoms. The minimum Gasteiger partial charge on any atom is -0.481 e. The number of carbonyl (C=O) groups is 2. The van der Waals surface area contributed by atoms with Crippen LogP contribution in [0.25, 0.3) is 10.9 Å². The number of carbonyl (C=O) groups excluding carboxylic acids is 1. The quantitative estimate of drug-likeness (QED) is 0.625. The van der Waals surface area contributed by atoms with Crippen LogP contribution < -0.4 is 0 Å². The number of hydrogen-bond donors (Lipinski definition) is 2. The summed E-state index contributed by atoms with van der Waals surface area (Å²) < 4.78 is 0. The first-order chi connectivity index (χ1) is 10.4. The summed E-state index contributed by atoms with van der Waals surface area (Å²) in [7, 11) is 0. The van der Waals surface area contributed by atoms with E-state index in [1.54, 1.807) is 6.92 Å². The van der Waals surface area contributed by atoms with Crippen LogP contribution in [0.3, 0.4) is 0 Å². The van der Waals surface area contributed by atoms with Gasteiger partial charge in [-0.3, -0.25) is 19.7 Å². The summed E-state index contributed by atoms with van der Waals surface area (Å²) >= 11 is 0. The molecule has 0 aliphatic heterocycles. The molecule has 2 rings (SSSR count). The van der Waals surface area contributed by atoms with Crippen molar-refractivity contribution >= 4 is 28.5 Å². The van der Waals surface area contributed by atoms with Crippen molar-refractivity contribution in [3.8, 4) is 0 Å². The van der Waals surface area contributed by atoms with Gasteiger partial charge in [0.15, 0.2) is 0 Å². The molecule has 0 atom stereocenters. The second kappa shape index (κ2) is 6.25. The number of nitro groups is 1. The highest BCUT2D eigenvalue weighted by Crippen LogP contribution is 2.24. The summed E-state index contributed by atoms with van der Waals surface area (Å²) in [4.78, 5) is 37.7. The smallest absolute Gasteiger partial charge is 0.305 e. The van der Waals surface area contributed by atoms with Gasteiger partial charge in [0, 0.05) is 42.3 Å². The number of aromatic amines is 1. The van der Waals surface area contributed by atoms with Gasteiger partial charge in [0.05, 0.1) is 16.9 Å². The molecular formula is C14H15N3O5. The molecule has 1 aromatic heterocycles. The van der Waals surface area contributed by atoms with Crippen LogP contribution in [0.4, 0.5) is 5.69 Å². The zero-order valence-electron chi connectivity index (χ0n) is 11.9. The predicted molar refractivity (Wildman–Crippen MR) is 78.8 cm³/mol. The number of aliphatic carboxylic acids is 1. The lowest BCUT2D eigenvalue weighted by Gasteiger charge is -2.19. The van der Waals surface area contributed by atoms with Gasteiger partial charge in [0.25, 0.3) is 11.6 Å². The predicted octanol–water partition coefficient (Wildman–Crippen LogP) is 2.01. The summed E-state index contributed by atoms with van der Waals surface area (Å²) in [6.45, 7) is 2.19. The molecule has 0 aliphatic carbocycles. The molecule has 116 valence electrons. The van der Waals surface area contributed by atoms with E-state index in [1.807, 2.05) is 0 Å². The van der Waals surface area contributed by atoms with E-state index in [0.29, 0.717) is 23.0 Å². The molecule has 0 saturated carbocycles. The van der Waals surface area contributed by atoms with Crippen LogP contribution in [0.5, 0.6) is 0 Å². The third-order valence-electron chi connectivity index (χ3n) is 3.37. The zero-order valence-corrected chi connectivity index (χ0v) is 11.9. The van der Waals surface area contributed by atoms with Crippen molar-refractivity contribution in [2.24, 2.45) is 0 Å². The molecule has 0 saturated heterocycles. The van der Waals surface area contributed by atoms with E-state index >= 15 is 0 Å². The van der Waals surface area contributed by atoms with Crippen LogP contribution in [-0.4, -0.2) is 44.9 Å². The fourth-order valence-electron chi connectivity index (χ4n) is 2.20. The number of carboxylic acid groups (broad SMARTS) is 1. The van der Waals surface area contributed by atoms with Gasteiger partial charge in [0.2, 0.25) is 0 Å². The third-order valence-corrected chi connectivity index (χ3v) is 3.37. The number of fused-ring (bicyclic) bond motifs is 1. The number of non-ortho nitro benzene ring substituents is 1. The molecular weight excluding hydrogens is 290 g/mol. The lowest BCUT2D eigenvalue weighted by atomic mass is 10.1. The highest BCUT2D eigenvalue weighted by atomic mass is 16.6. The summed E-state index contributed by atoms with van der Waals surface area (Å²) in [6.07, 6.45) is 1.34. The molecule has 8 heteroatoms. The number of aromatic nitrogens is 1. The Morgan fingerprint density at radius 2 is 2.14 bits per heavy atom. The Morgan fingerprint density at radius 3 is 2.73 bits per heavy atom. The van der Waals surface area contributed by atoms with Gasteiger partial charge in [-0.1, -0.05) is 0 Å². The Kier molecular flexibility index (Phi) is 4.40. The highest BCUT2D eigenvalue weighted by molar-refractivity contribution is 6.07. The fourth-order valence-corrected chi connectivity index (χ4v) is 2.20. The maximum atomic E-state index is 12.5. The highest BCUT2D eigenvalue weighted by Gasteiger charge is 2.20. The number of H-pyrrole nitrogens is 1. The molecule has 1 heterocycles. The summed E-state index contributed by atoms with van der Waals surface area (Å²) in [5.41, 5.74) is 0.809. The van der Waals surface area contributed by atoms with Crippen molar-refractivity contribution in [2.75, 3.05) is 13.1 Å². The number of nitrogens with one attached hydrogen (secondary N) is 1. The molecule has 2 N–H and O–H groups in total. The number of hydrogen-bond acceptors (Lipinski definition) is 4. The average Bonchev–Trinajstić information content (AvgIpc) is 2.90. The van der Waals surface area contributed by atoms with Crippen LogP contribution in [0.15, 0.2) is 24.4 Å². The third kappa shape index (κ3) is 3.05. The first-order valence-corrected chi connectivity index (χ1v) is 6.70. The Morgan fingerprint density at radius 1 is 1.41 bits per heavy atom. The van der Waals surface area contributed by atoms with Crippen molar-refractivity contribution in [1.82, 2.24) is 9.88 Å². The summed E-state index contributed by atoms with van der Waals surface area (Å²) in [5.74, 6) is -1.34. The number of benzene rings is 1. The van der Waals surface area contributed by atoms with Gasteiger partial charge in [0.1, 0.15) is 0 Å². The maximum Gasteiger partial charge on any atom is 0.305 e. The average molecular weight is 305 g/mol. The SMILES string of the molecule is CCN(CCC(=O)O)C(=O)c1c[nH]c2ccc([N+](=O)[O-])cc12. The first-order valence-electron chi connectivity index (χ1n) is 6.70. The molecule has 22 heavy (non-hydrogen) atoms. The Labute approximate surface area is 125 Å². The molecule has 8 nitrogen and oxygen atoms in total. The van der Waals surface area contributed by atoms with E-state index in [0.717, 1.165) is 0 Å². The Balaban J connectivity index is 2.35. The van der Waals surface area contributed by atoms with Gasteiger partial charge >= 0.3 is 5.97 Å². The van der Waals surface area contributed by atoms with Crippen LogP contribution in [0.2, 0.25) is 0 Å². The first kappa shape index (κ1) is 15.5. The van der Waals surface area contributed by atoms with Crippen LogP contribution in [0, 0.1) is 10.1 Å². The van der Waals surface area contributed by atoms with E-state index in [-0.39, 0.29) is 24.6 Å². The van der Waals surface area contributed by atoms with E-state index in [1.165, 1.54) is 29.3 Å². The second-order valence-corrected chi connectivity index (χ2v) is 4.72. The zero-order chi connectivity index (χ0) is 16.3. The van der Waals surface area contributed by atoms with E-state index < -0.39 is 10.9 Å². The fraction of sp³-hybridized carbons (Fsp3) is 0.286. The Hall–Kier alpha value is -2.90. The molecule has 2 aromatic rings. The number of nitrogens with zero attached hydrogens (tertiary/aromatic N) is 2. The normalized spacial score (nSPS) is 10.6. The molecule has 1 amide bonds. The molecule has 0 bridgehead atoms. The van der Waals surface area contributed by atoms with Gasteiger partial charge < -0.3 is 15.0 Å². The number of nitro benzene ring substituents is 1. The van der Waals surface area contributed by atoms with Crippen LogP contribution in [0.1, 0.15) is 23.7 Å². The van der Waals surface area contributed by atoms with E-state index in [2.05, 4.69) is 4.98 Å². The lowest BCUT2D eigenvalue weighted by Crippen LogP contribution is -2.32. The molecule has 0 unspecified atom stereocenters. The molecule has 0 aliphatic rings. The second-order valence-electron chi connectivity index (χ2n) is 4.72. The lowest BCUT2D eigenvalue weighted by molar-refractivity contribution is -0.384. The number of rotatable bonds is 6. The topological polar surface area (TPSA) is 117 Å². The van der Waals surface area contributed by atoms with Gasteiger partial charge in [-0.15, -0.1) is 0 Å². The van der Waals surface area contributed by atoms with Gasteiger partial charge in [-0.2, -0.15) is 0 Å².